The molecule has 5 heteroatoms. The van der Waals surface area contributed by atoms with Crippen LogP contribution in [-0.2, 0) is 4.74 Å². The van der Waals surface area contributed by atoms with Crippen LogP contribution in [0.15, 0.2) is 18.3 Å². The topological polar surface area (TPSA) is 62.7 Å². The molecule has 1 aromatic heterocycles. The molecule has 2 rings (SSSR count). The molecule has 0 saturated carbocycles. The summed E-state index contributed by atoms with van der Waals surface area (Å²) in [6.45, 7) is 1.40. The zero-order chi connectivity index (χ0) is 11.5. The minimum atomic E-state index is -0.443. The molecule has 2 heterocycles. The van der Waals surface area contributed by atoms with Gasteiger partial charge in [-0.25, -0.2) is 9.78 Å². The summed E-state index contributed by atoms with van der Waals surface area (Å²) in [7, 11) is 1.33. The predicted octanol–water partition coefficient (Wildman–Crippen LogP) is 0.439. The van der Waals surface area contributed by atoms with Crippen molar-refractivity contribution in [2.24, 2.45) is 0 Å². The van der Waals surface area contributed by atoms with Gasteiger partial charge in [0, 0.05) is 25.0 Å². The number of aliphatic hydroxyl groups excluding tert-OH is 1. The standard InChI is InChI=1S/C11H14N2O3/c1-16-11(15)10-6-8(2-4-12-10)13-5-3-9(14)7-13/h2,4,6,9,14H,3,5,7H2,1H3/t9-/m1/s1. The van der Waals surface area contributed by atoms with Crippen molar-refractivity contribution in [1.29, 1.82) is 0 Å². The van der Waals surface area contributed by atoms with Crippen molar-refractivity contribution in [2.45, 2.75) is 12.5 Å². The minimum absolute atomic E-state index is 0.283. The van der Waals surface area contributed by atoms with Gasteiger partial charge in [-0.3, -0.25) is 0 Å². The molecular formula is C11H14N2O3. The number of β-amino-alcohol motifs (C(OH)–C–C–N with tert-alkyl or cyclic N) is 1. The van der Waals surface area contributed by atoms with Gasteiger partial charge in [0.15, 0.2) is 0 Å². The smallest absolute Gasteiger partial charge is 0.356 e. The Labute approximate surface area is 93.7 Å². The monoisotopic (exact) mass is 222 g/mol. The van der Waals surface area contributed by atoms with E-state index in [1.54, 1.807) is 12.3 Å². The number of esters is 1. The number of carbonyl (C=O) groups is 1. The summed E-state index contributed by atoms with van der Waals surface area (Å²) in [5.74, 6) is -0.443. The van der Waals surface area contributed by atoms with Crippen LogP contribution in [0.2, 0.25) is 0 Å². The summed E-state index contributed by atoms with van der Waals surface area (Å²) in [4.78, 5) is 17.3. The lowest BCUT2D eigenvalue weighted by atomic mass is 10.3. The van der Waals surface area contributed by atoms with E-state index in [2.05, 4.69) is 9.72 Å². The molecule has 1 aliphatic rings. The number of aliphatic hydroxyl groups is 1. The third kappa shape index (κ3) is 2.14. The fourth-order valence-electron chi connectivity index (χ4n) is 1.81. The number of hydrogen-bond donors (Lipinski definition) is 1. The van der Waals surface area contributed by atoms with Gasteiger partial charge in [-0.05, 0) is 18.6 Å². The van der Waals surface area contributed by atoms with Crippen molar-refractivity contribution in [1.82, 2.24) is 4.98 Å². The molecule has 1 aromatic rings. The SMILES string of the molecule is COC(=O)c1cc(N2CC[C@@H](O)C2)ccn1. The lowest BCUT2D eigenvalue weighted by molar-refractivity contribution is 0.0594. The van der Waals surface area contributed by atoms with Crippen LogP contribution >= 0.6 is 0 Å². The number of hydrogen-bond acceptors (Lipinski definition) is 5. The Kier molecular flexibility index (Phi) is 3.05. The summed E-state index contributed by atoms with van der Waals surface area (Å²) >= 11 is 0. The van der Waals surface area contributed by atoms with E-state index in [1.807, 2.05) is 11.0 Å². The Morgan fingerprint density at radius 3 is 3.12 bits per heavy atom. The lowest BCUT2D eigenvalue weighted by Crippen LogP contribution is -2.21. The summed E-state index contributed by atoms with van der Waals surface area (Å²) in [5.41, 5.74) is 1.19. The Morgan fingerprint density at radius 2 is 2.50 bits per heavy atom. The molecule has 0 aliphatic carbocycles. The third-order valence-corrected chi connectivity index (χ3v) is 2.67. The molecule has 0 aromatic carbocycles. The van der Waals surface area contributed by atoms with Gasteiger partial charge in [0.25, 0.3) is 0 Å². The summed E-state index contributed by atoms with van der Waals surface area (Å²) in [6.07, 6.45) is 2.05. The Bertz CT molecular complexity index is 395. The number of pyridine rings is 1. The number of nitrogens with zero attached hydrogens (tertiary/aromatic N) is 2. The van der Waals surface area contributed by atoms with Crippen molar-refractivity contribution in [3.8, 4) is 0 Å². The van der Waals surface area contributed by atoms with E-state index in [9.17, 15) is 9.90 Å². The quantitative estimate of drug-likeness (QED) is 0.736. The second kappa shape index (κ2) is 4.49. The number of methoxy groups -OCH3 is 1. The number of ether oxygens (including phenoxy) is 1. The average molecular weight is 222 g/mol. The number of carbonyl (C=O) groups excluding carboxylic acids is 1. The molecule has 1 saturated heterocycles. The van der Waals surface area contributed by atoms with Crippen LogP contribution in [0.3, 0.4) is 0 Å². The molecule has 0 radical (unpaired) electrons. The maximum Gasteiger partial charge on any atom is 0.356 e. The van der Waals surface area contributed by atoms with E-state index >= 15 is 0 Å². The molecule has 5 nitrogen and oxygen atoms in total. The van der Waals surface area contributed by atoms with Crippen LogP contribution < -0.4 is 4.90 Å². The van der Waals surface area contributed by atoms with Gasteiger partial charge >= 0.3 is 5.97 Å². The van der Waals surface area contributed by atoms with Gasteiger partial charge in [-0.1, -0.05) is 0 Å². The first-order valence-electron chi connectivity index (χ1n) is 5.18. The van der Waals surface area contributed by atoms with E-state index < -0.39 is 5.97 Å². The van der Waals surface area contributed by atoms with Crippen LogP contribution in [0.25, 0.3) is 0 Å². The van der Waals surface area contributed by atoms with Crippen LogP contribution in [-0.4, -0.2) is 42.4 Å². The molecule has 1 aliphatic heterocycles. The molecule has 0 bridgehead atoms. The summed E-state index contributed by atoms with van der Waals surface area (Å²) in [5, 5.41) is 9.44. The fourth-order valence-corrected chi connectivity index (χ4v) is 1.81. The highest BCUT2D eigenvalue weighted by Crippen LogP contribution is 2.20. The van der Waals surface area contributed by atoms with Crippen LogP contribution in [0, 0.1) is 0 Å². The van der Waals surface area contributed by atoms with Gasteiger partial charge < -0.3 is 14.7 Å². The highest BCUT2D eigenvalue weighted by molar-refractivity contribution is 5.88. The molecule has 0 spiro atoms. The Balaban J connectivity index is 2.19. The highest BCUT2D eigenvalue weighted by atomic mass is 16.5. The zero-order valence-corrected chi connectivity index (χ0v) is 9.09. The Morgan fingerprint density at radius 1 is 1.69 bits per heavy atom. The average Bonchev–Trinajstić information content (AvgIpc) is 2.75. The van der Waals surface area contributed by atoms with E-state index in [1.165, 1.54) is 7.11 Å². The predicted molar refractivity (Wildman–Crippen MR) is 58.4 cm³/mol. The number of rotatable bonds is 2. The van der Waals surface area contributed by atoms with Crippen molar-refractivity contribution in [3.05, 3.63) is 24.0 Å². The van der Waals surface area contributed by atoms with Crippen molar-refractivity contribution in [2.75, 3.05) is 25.1 Å². The van der Waals surface area contributed by atoms with E-state index in [0.717, 1.165) is 18.7 Å². The maximum atomic E-state index is 11.3. The number of anilines is 1. The van der Waals surface area contributed by atoms with E-state index in [-0.39, 0.29) is 6.10 Å². The maximum absolute atomic E-state index is 11.3. The lowest BCUT2D eigenvalue weighted by Gasteiger charge is -2.17. The van der Waals surface area contributed by atoms with Gasteiger partial charge in [0.1, 0.15) is 5.69 Å². The summed E-state index contributed by atoms with van der Waals surface area (Å²) in [6, 6.07) is 3.51. The first-order chi connectivity index (χ1) is 7.70. The van der Waals surface area contributed by atoms with Gasteiger partial charge in [0.2, 0.25) is 0 Å². The molecule has 1 N–H and O–H groups in total. The second-order valence-electron chi connectivity index (χ2n) is 3.78. The molecule has 0 unspecified atom stereocenters. The fraction of sp³-hybridized carbons (Fsp3) is 0.455. The van der Waals surface area contributed by atoms with Gasteiger partial charge in [0.05, 0.1) is 13.2 Å². The van der Waals surface area contributed by atoms with Crippen LogP contribution in [0.4, 0.5) is 5.69 Å². The molecule has 1 atom stereocenters. The number of aromatic nitrogens is 1. The second-order valence-corrected chi connectivity index (χ2v) is 3.78. The molecule has 16 heavy (non-hydrogen) atoms. The first kappa shape index (κ1) is 10.9. The summed E-state index contributed by atoms with van der Waals surface area (Å²) < 4.78 is 4.61. The largest absolute Gasteiger partial charge is 0.464 e. The normalized spacial score (nSPS) is 19.9. The van der Waals surface area contributed by atoms with Crippen LogP contribution in [0.1, 0.15) is 16.9 Å². The van der Waals surface area contributed by atoms with Crippen molar-refractivity contribution in [3.63, 3.8) is 0 Å². The van der Waals surface area contributed by atoms with E-state index in [0.29, 0.717) is 12.2 Å². The first-order valence-corrected chi connectivity index (χ1v) is 5.18. The van der Waals surface area contributed by atoms with Crippen LogP contribution in [0.5, 0.6) is 0 Å². The van der Waals surface area contributed by atoms with E-state index in [4.69, 9.17) is 0 Å². The van der Waals surface area contributed by atoms with Crippen molar-refractivity contribution >= 4 is 11.7 Å². The molecular weight excluding hydrogens is 208 g/mol. The zero-order valence-electron chi connectivity index (χ0n) is 9.09. The highest BCUT2D eigenvalue weighted by Gasteiger charge is 2.21. The van der Waals surface area contributed by atoms with Crippen molar-refractivity contribution < 1.29 is 14.6 Å². The minimum Gasteiger partial charge on any atom is -0.464 e. The Hall–Kier alpha value is -1.62. The molecule has 86 valence electrons. The third-order valence-electron chi connectivity index (χ3n) is 2.67. The van der Waals surface area contributed by atoms with Gasteiger partial charge in [-0.15, -0.1) is 0 Å². The molecule has 1 fully saturated rings. The molecule has 0 amide bonds. The van der Waals surface area contributed by atoms with Gasteiger partial charge in [-0.2, -0.15) is 0 Å².